The summed E-state index contributed by atoms with van der Waals surface area (Å²) in [5, 5.41) is 3.07. The molecule has 9 heavy (non-hydrogen) atoms. The van der Waals surface area contributed by atoms with E-state index in [4.69, 9.17) is 22.2 Å². The van der Waals surface area contributed by atoms with E-state index < -0.39 is 7.42 Å². The first kappa shape index (κ1) is 9.76. The van der Waals surface area contributed by atoms with Gasteiger partial charge in [0.05, 0.1) is 0 Å². The van der Waals surface area contributed by atoms with Crippen LogP contribution in [-0.4, -0.2) is 21.0 Å². The van der Waals surface area contributed by atoms with Gasteiger partial charge in [-0.1, -0.05) is 6.42 Å². The standard InChI is InChI=1S/C5H13Cl2NSi/c1-8-4-2-3-5-9(6)7/h8-9H,2-5H2,1H3. The third kappa shape index (κ3) is 8.76. The minimum atomic E-state index is -1.30. The van der Waals surface area contributed by atoms with Crippen molar-refractivity contribution in [2.75, 3.05) is 13.6 Å². The quantitative estimate of drug-likeness (QED) is 0.391. The van der Waals surface area contributed by atoms with E-state index in [-0.39, 0.29) is 0 Å². The fourth-order valence-corrected chi connectivity index (χ4v) is 2.12. The van der Waals surface area contributed by atoms with Gasteiger partial charge in [-0.25, -0.2) is 0 Å². The van der Waals surface area contributed by atoms with Crippen LogP contribution in [0.15, 0.2) is 0 Å². The van der Waals surface area contributed by atoms with Crippen LogP contribution in [-0.2, 0) is 0 Å². The van der Waals surface area contributed by atoms with Gasteiger partial charge in [-0.3, -0.25) is 0 Å². The second-order valence-electron chi connectivity index (χ2n) is 1.99. The minimum Gasteiger partial charge on any atom is -0.320 e. The van der Waals surface area contributed by atoms with E-state index >= 15 is 0 Å². The molecule has 0 aliphatic carbocycles. The summed E-state index contributed by atoms with van der Waals surface area (Å²) in [4.78, 5) is 0. The second-order valence-corrected chi connectivity index (χ2v) is 7.18. The summed E-state index contributed by atoms with van der Waals surface area (Å²) < 4.78 is 0. The molecule has 0 aromatic heterocycles. The van der Waals surface area contributed by atoms with Gasteiger partial charge in [0.25, 0.3) is 0 Å². The Morgan fingerprint density at radius 2 is 2.00 bits per heavy atom. The summed E-state index contributed by atoms with van der Waals surface area (Å²) in [6.45, 7) is 1.08. The Hall–Kier alpha value is 0.757. The molecule has 0 spiro atoms. The molecule has 0 radical (unpaired) electrons. The third-order valence-electron chi connectivity index (χ3n) is 1.10. The second kappa shape index (κ2) is 6.87. The molecule has 0 aromatic carbocycles. The van der Waals surface area contributed by atoms with Gasteiger partial charge in [0.15, 0.2) is 0 Å². The number of halogens is 2. The fourth-order valence-electron chi connectivity index (χ4n) is 0.600. The maximum Gasteiger partial charge on any atom is 0.237 e. The van der Waals surface area contributed by atoms with Crippen molar-refractivity contribution in [1.29, 1.82) is 0 Å². The van der Waals surface area contributed by atoms with Gasteiger partial charge >= 0.3 is 0 Å². The van der Waals surface area contributed by atoms with Crippen LogP contribution in [0, 0.1) is 0 Å². The van der Waals surface area contributed by atoms with Crippen molar-refractivity contribution < 1.29 is 0 Å². The fraction of sp³-hybridized carbons (Fsp3) is 1.00. The average Bonchev–Trinajstić information content (AvgIpc) is 1.80. The van der Waals surface area contributed by atoms with Gasteiger partial charge in [-0.15, -0.1) is 0 Å². The van der Waals surface area contributed by atoms with Crippen LogP contribution in [0.2, 0.25) is 6.04 Å². The molecule has 56 valence electrons. The van der Waals surface area contributed by atoms with Gasteiger partial charge in [-0.2, -0.15) is 22.2 Å². The van der Waals surface area contributed by atoms with E-state index in [9.17, 15) is 0 Å². The highest BCUT2D eigenvalue weighted by Crippen LogP contribution is 2.07. The molecule has 0 atom stereocenters. The molecule has 0 aromatic rings. The van der Waals surface area contributed by atoms with Gasteiger partial charge < -0.3 is 5.32 Å². The van der Waals surface area contributed by atoms with E-state index in [0.717, 1.165) is 12.6 Å². The topological polar surface area (TPSA) is 12.0 Å². The summed E-state index contributed by atoms with van der Waals surface area (Å²) in [6, 6.07) is 1.05. The molecule has 0 heterocycles. The molecule has 1 nitrogen and oxygen atoms in total. The predicted octanol–water partition coefficient (Wildman–Crippen LogP) is 1.68. The molecule has 1 N–H and O–H groups in total. The molecule has 0 fully saturated rings. The van der Waals surface area contributed by atoms with E-state index in [1.807, 2.05) is 7.05 Å². The molecule has 0 aliphatic heterocycles. The first-order chi connectivity index (χ1) is 4.27. The third-order valence-corrected chi connectivity index (χ3v) is 3.25. The van der Waals surface area contributed by atoms with Gasteiger partial charge in [0, 0.05) is 0 Å². The normalized spacial score (nSPS) is 10.7. The van der Waals surface area contributed by atoms with Crippen LogP contribution in [0.5, 0.6) is 0 Å². The largest absolute Gasteiger partial charge is 0.320 e. The van der Waals surface area contributed by atoms with E-state index in [1.54, 1.807) is 0 Å². The van der Waals surface area contributed by atoms with Crippen molar-refractivity contribution in [2.45, 2.75) is 18.9 Å². The van der Waals surface area contributed by atoms with Crippen LogP contribution in [0.3, 0.4) is 0 Å². The molecule has 0 bridgehead atoms. The zero-order valence-electron chi connectivity index (χ0n) is 5.66. The Kier molecular flexibility index (Phi) is 7.45. The van der Waals surface area contributed by atoms with Crippen LogP contribution in [0.25, 0.3) is 0 Å². The summed E-state index contributed by atoms with van der Waals surface area (Å²) in [5.74, 6) is 0. The zero-order chi connectivity index (χ0) is 7.11. The van der Waals surface area contributed by atoms with Crippen LogP contribution >= 0.6 is 22.2 Å². The number of unbranched alkanes of at least 4 members (excludes halogenated alkanes) is 1. The van der Waals surface area contributed by atoms with E-state index in [2.05, 4.69) is 5.32 Å². The summed E-state index contributed by atoms with van der Waals surface area (Å²) in [7, 11) is 0.658. The maximum absolute atomic E-state index is 5.64. The van der Waals surface area contributed by atoms with Crippen molar-refractivity contribution in [2.24, 2.45) is 0 Å². The molecule has 4 heteroatoms. The molecule has 0 saturated heterocycles. The first-order valence-corrected chi connectivity index (χ1v) is 7.51. The van der Waals surface area contributed by atoms with E-state index in [1.165, 1.54) is 12.8 Å². The molecule has 0 amide bonds. The number of hydrogen-bond acceptors (Lipinski definition) is 1. The molecule has 0 unspecified atom stereocenters. The maximum atomic E-state index is 5.64. The van der Waals surface area contributed by atoms with E-state index in [0.29, 0.717) is 0 Å². The minimum absolute atomic E-state index is 1.05. The molecule has 0 rings (SSSR count). The smallest absolute Gasteiger partial charge is 0.237 e. The lowest BCUT2D eigenvalue weighted by atomic mass is 10.3. The molecular weight excluding hydrogens is 173 g/mol. The Labute approximate surface area is 67.7 Å². The lowest BCUT2D eigenvalue weighted by Crippen LogP contribution is -2.07. The van der Waals surface area contributed by atoms with Crippen molar-refractivity contribution in [3.8, 4) is 0 Å². The lowest BCUT2D eigenvalue weighted by molar-refractivity contribution is 0.709. The van der Waals surface area contributed by atoms with Gasteiger partial charge in [-0.05, 0) is 26.1 Å². The highest BCUT2D eigenvalue weighted by molar-refractivity contribution is 7.33. The SMILES string of the molecule is CNCCCC[SiH](Cl)Cl. The van der Waals surface area contributed by atoms with Gasteiger partial charge in [0.1, 0.15) is 0 Å². The van der Waals surface area contributed by atoms with Crippen molar-refractivity contribution >= 4 is 29.6 Å². The number of rotatable bonds is 5. The summed E-state index contributed by atoms with van der Waals surface area (Å²) in [5.41, 5.74) is 0. The van der Waals surface area contributed by atoms with Crippen molar-refractivity contribution in [1.82, 2.24) is 5.32 Å². The van der Waals surface area contributed by atoms with Crippen LogP contribution in [0.1, 0.15) is 12.8 Å². The summed E-state index contributed by atoms with van der Waals surface area (Å²) >= 11 is 11.3. The number of hydrogen-bond donors (Lipinski definition) is 1. The molecule has 0 aliphatic rings. The molecular formula is C5H13Cl2NSi. The lowest BCUT2D eigenvalue weighted by Gasteiger charge is -1.98. The Balaban J connectivity index is 2.75. The van der Waals surface area contributed by atoms with Crippen LogP contribution in [0.4, 0.5) is 0 Å². The zero-order valence-corrected chi connectivity index (χ0v) is 8.33. The average molecular weight is 186 g/mol. The number of nitrogens with one attached hydrogen (secondary N) is 1. The van der Waals surface area contributed by atoms with Gasteiger partial charge in [0.2, 0.25) is 7.42 Å². The Bertz CT molecular complexity index is 60.9. The highest BCUT2D eigenvalue weighted by Gasteiger charge is 1.99. The summed E-state index contributed by atoms with van der Waals surface area (Å²) in [6.07, 6.45) is 2.37. The Morgan fingerprint density at radius 3 is 2.44 bits per heavy atom. The van der Waals surface area contributed by atoms with Crippen molar-refractivity contribution in [3.05, 3.63) is 0 Å². The first-order valence-electron chi connectivity index (χ1n) is 3.20. The Morgan fingerprint density at radius 1 is 1.33 bits per heavy atom. The highest BCUT2D eigenvalue weighted by atomic mass is 35.7. The van der Waals surface area contributed by atoms with Crippen molar-refractivity contribution in [3.63, 3.8) is 0 Å². The molecule has 0 saturated carbocycles. The predicted molar refractivity (Wildman–Crippen MR) is 46.8 cm³/mol. The monoisotopic (exact) mass is 185 g/mol. The van der Waals surface area contributed by atoms with Crippen LogP contribution < -0.4 is 5.32 Å².